The molecule has 0 saturated carbocycles. The number of nitrogens with one attached hydrogen (secondary N) is 1. The van der Waals surface area contributed by atoms with E-state index < -0.39 is 0 Å². The maximum atomic E-state index is 11.3. The quantitative estimate of drug-likeness (QED) is 0.838. The fraction of sp³-hybridized carbons (Fsp3) is 0.500. The highest BCUT2D eigenvalue weighted by molar-refractivity contribution is 9.10. The van der Waals surface area contributed by atoms with Crippen LogP contribution in [0, 0.1) is 0 Å². The lowest BCUT2D eigenvalue weighted by Crippen LogP contribution is -2.29. The van der Waals surface area contributed by atoms with E-state index in [1.54, 1.807) is 11.8 Å². The van der Waals surface area contributed by atoms with Crippen molar-refractivity contribution in [3.8, 4) is 0 Å². The molecule has 0 amide bonds. The molecule has 1 aromatic rings. The van der Waals surface area contributed by atoms with Gasteiger partial charge >= 0.3 is 5.69 Å². The minimum Gasteiger partial charge on any atom is -0.299 e. The van der Waals surface area contributed by atoms with E-state index in [1.807, 2.05) is 6.26 Å². The number of halogens is 1. The molecular formula is C8H11BrN2O2S. The Hall–Kier alpha value is -0.490. The van der Waals surface area contributed by atoms with E-state index >= 15 is 0 Å². The van der Waals surface area contributed by atoms with Gasteiger partial charge in [-0.1, -0.05) is 0 Å². The molecule has 0 atom stereocenters. The van der Waals surface area contributed by atoms with Crippen LogP contribution in [0.15, 0.2) is 20.3 Å². The Morgan fingerprint density at radius 2 is 2.29 bits per heavy atom. The Bertz CT molecular complexity index is 413. The zero-order valence-corrected chi connectivity index (χ0v) is 10.2. The molecular weight excluding hydrogens is 268 g/mol. The standard InChI is InChI=1S/C8H11BrN2O2S/c1-14-4-2-3-11-5-6(9)7(12)10-8(11)13/h5H,2-4H2,1H3,(H,10,12,13). The number of aromatic amines is 1. The largest absolute Gasteiger partial charge is 0.328 e. The lowest BCUT2D eigenvalue weighted by molar-refractivity contribution is 0.633. The topological polar surface area (TPSA) is 54.9 Å². The lowest BCUT2D eigenvalue weighted by Gasteiger charge is -2.03. The fourth-order valence-corrected chi connectivity index (χ4v) is 1.79. The average molecular weight is 279 g/mol. The van der Waals surface area contributed by atoms with E-state index in [4.69, 9.17) is 0 Å². The van der Waals surface area contributed by atoms with Crippen LogP contribution in [0.2, 0.25) is 0 Å². The third kappa shape index (κ3) is 3.02. The van der Waals surface area contributed by atoms with Gasteiger partial charge in [-0.15, -0.1) is 0 Å². The molecule has 1 heterocycles. The third-order valence-electron chi connectivity index (χ3n) is 1.71. The summed E-state index contributed by atoms with van der Waals surface area (Å²) < 4.78 is 1.89. The molecule has 14 heavy (non-hydrogen) atoms. The predicted octanol–water partition coefficient (Wildman–Crippen LogP) is 1.05. The van der Waals surface area contributed by atoms with Gasteiger partial charge in [0.2, 0.25) is 0 Å². The van der Waals surface area contributed by atoms with Gasteiger partial charge in [-0.2, -0.15) is 11.8 Å². The van der Waals surface area contributed by atoms with Crippen LogP contribution in [0.4, 0.5) is 0 Å². The van der Waals surface area contributed by atoms with Crippen LogP contribution in [0.1, 0.15) is 6.42 Å². The fourth-order valence-electron chi connectivity index (χ4n) is 1.03. The number of thioether (sulfide) groups is 1. The van der Waals surface area contributed by atoms with Crippen molar-refractivity contribution in [2.45, 2.75) is 13.0 Å². The van der Waals surface area contributed by atoms with Crippen molar-refractivity contribution < 1.29 is 0 Å². The first-order chi connectivity index (χ1) is 6.65. The Morgan fingerprint density at radius 1 is 1.57 bits per heavy atom. The summed E-state index contributed by atoms with van der Waals surface area (Å²) in [6.45, 7) is 0.634. The van der Waals surface area contributed by atoms with Crippen LogP contribution in [0.3, 0.4) is 0 Å². The first-order valence-corrected chi connectivity index (χ1v) is 6.32. The van der Waals surface area contributed by atoms with Gasteiger partial charge in [0.25, 0.3) is 5.56 Å². The maximum absolute atomic E-state index is 11.3. The van der Waals surface area contributed by atoms with Crippen molar-refractivity contribution in [3.63, 3.8) is 0 Å². The predicted molar refractivity (Wildman–Crippen MR) is 62.0 cm³/mol. The molecule has 78 valence electrons. The number of aromatic nitrogens is 2. The molecule has 0 saturated heterocycles. The molecule has 0 radical (unpaired) electrons. The van der Waals surface area contributed by atoms with E-state index in [0.29, 0.717) is 11.0 Å². The Kier molecular flexibility index (Phi) is 4.47. The van der Waals surface area contributed by atoms with E-state index in [2.05, 4.69) is 20.9 Å². The summed E-state index contributed by atoms with van der Waals surface area (Å²) in [6, 6.07) is 0. The van der Waals surface area contributed by atoms with Crippen LogP contribution in [-0.2, 0) is 6.54 Å². The first kappa shape index (κ1) is 11.6. The second-order valence-corrected chi connectivity index (χ2v) is 4.62. The smallest absolute Gasteiger partial charge is 0.299 e. The van der Waals surface area contributed by atoms with Crippen LogP contribution in [-0.4, -0.2) is 21.6 Å². The summed E-state index contributed by atoms with van der Waals surface area (Å²) in [6.07, 6.45) is 4.46. The van der Waals surface area contributed by atoms with E-state index in [-0.39, 0.29) is 11.2 Å². The molecule has 0 spiro atoms. The summed E-state index contributed by atoms with van der Waals surface area (Å²) in [5.74, 6) is 1.00. The number of nitrogens with zero attached hydrogens (tertiary/aromatic N) is 1. The van der Waals surface area contributed by atoms with Gasteiger partial charge < -0.3 is 0 Å². The number of aryl methyl sites for hydroxylation is 1. The molecule has 0 bridgehead atoms. The van der Waals surface area contributed by atoms with Gasteiger partial charge in [0, 0.05) is 12.7 Å². The molecule has 6 heteroatoms. The van der Waals surface area contributed by atoms with Crippen molar-refractivity contribution >= 4 is 27.7 Å². The van der Waals surface area contributed by atoms with Crippen LogP contribution in [0.5, 0.6) is 0 Å². The average Bonchev–Trinajstić information content (AvgIpc) is 2.14. The highest BCUT2D eigenvalue weighted by Crippen LogP contribution is 2.00. The molecule has 0 unspecified atom stereocenters. The number of rotatable bonds is 4. The van der Waals surface area contributed by atoms with E-state index in [9.17, 15) is 9.59 Å². The summed E-state index contributed by atoms with van der Waals surface area (Å²) in [4.78, 5) is 24.5. The van der Waals surface area contributed by atoms with Gasteiger partial charge in [-0.25, -0.2) is 4.79 Å². The van der Waals surface area contributed by atoms with Crippen LogP contribution in [0.25, 0.3) is 0 Å². The van der Waals surface area contributed by atoms with Gasteiger partial charge in [0.15, 0.2) is 0 Å². The van der Waals surface area contributed by atoms with Crippen LogP contribution < -0.4 is 11.2 Å². The number of hydrogen-bond donors (Lipinski definition) is 1. The van der Waals surface area contributed by atoms with Gasteiger partial charge in [-0.05, 0) is 34.4 Å². The normalized spacial score (nSPS) is 10.4. The summed E-state index contributed by atoms with van der Waals surface area (Å²) >= 11 is 4.82. The van der Waals surface area contributed by atoms with Gasteiger partial charge in [0.05, 0.1) is 4.47 Å². The zero-order valence-electron chi connectivity index (χ0n) is 7.75. The molecule has 1 aromatic heterocycles. The molecule has 1 N–H and O–H groups in total. The van der Waals surface area contributed by atoms with Crippen molar-refractivity contribution in [1.29, 1.82) is 0 Å². The zero-order chi connectivity index (χ0) is 10.6. The first-order valence-electron chi connectivity index (χ1n) is 4.13. The molecule has 0 aliphatic rings. The monoisotopic (exact) mass is 278 g/mol. The lowest BCUT2D eigenvalue weighted by atomic mass is 10.4. The van der Waals surface area contributed by atoms with E-state index in [0.717, 1.165) is 12.2 Å². The van der Waals surface area contributed by atoms with E-state index in [1.165, 1.54) is 10.8 Å². The molecule has 0 aromatic carbocycles. The Morgan fingerprint density at radius 3 is 2.93 bits per heavy atom. The summed E-state index contributed by atoms with van der Waals surface area (Å²) in [5.41, 5.74) is -0.726. The van der Waals surface area contributed by atoms with Crippen molar-refractivity contribution in [2.75, 3.05) is 12.0 Å². The SMILES string of the molecule is CSCCCn1cc(Br)c(=O)[nH]c1=O. The summed E-state index contributed by atoms with van der Waals surface area (Å²) in [7, 11) is 0. The Labute approximate surface area is 93.9 Å². The highest BCUT2D eigenvalue weighted by Gasteiger charge is 2.00. The Balaban J connectivity index is 2.82. The minimum atomic E-state index is -0.379. The number of H-pyrrole nitrogens is 1. The van der Waals surface area contributed by atoms with Gasteiger partial charge in [0.1, 0.15) is 0 Å². The van der Waals surface area contributed by atoms with Gasteiger partial charge in [-0.3, -0.25) is 14.3 Å². The maximum Gasteiger partial charge on any atom is 0.328 e. The number of hydrogen-bond acceptors (Lipinski definition) is 3. The molecule has 0 fully saturated rings. The van der Waals surface area contributed by atoms with Crippen molar-refractivity contribution in [1.82, 2.24) is 9.55 Å². The highest BCUT2D eigenvalue weighted by atomic mass is 79.9. The second kappa shape index (κ2) is 5.41. The van der Waals surface area contributed by atoms with Crippen LogP contribution >= 0.6 is 27.7 Å². The van der Waals surface area contributed by atoms with Crippen molar-refractivity contribution in [3.05, 3.63) is 31.5 Å². The second-order valence-electron chi connectivity index (χ2n) is 2.78. The molecule has 0 aliphatic carbocycles. The van der Waals surface area contributed by atoms with Crippen molar-refractivity contribution in [2.24, 2.45) is 0 Å². The molecule has 4 nitrogen and oxygen atoms in total. The minimum absolute atomic E-state index is 0.348. The third-order valence-corrected chi connectivity index (χ3v) is 2.98. The summed E-state index contributed by atoms with van der Waals surface area (Å²) in [5, 5.41) is 0. The molecule has 1 rings (SSSR count). The molecule has 0 aliphatic heterocycles.